The molecule has 2 amide bonds. The number of nitro benzene ring substituents is 1. The van der Waals surface area contributed by atoms with Crippen LogP contribution in [0, 0.1) is 16.0 Å². The quantitative estimate of drug-likeness (QED) is 0.486. The maximum atomic E-state index is 11.6. The molecule has 0 saturated carbocycles. The third-order valence-electron chi connectivity index (χ3n) is 2.56. The Hall–Kier alpha value is -2.44. The Balaban J connectivity index is 2.62. The molecule has 20 heavy (non-hydrogen) atoms. The lowest BCUT2D eigenvalue weighted by molar-refractivity contribution is -0.383. The molecule has 0 aromatic heterocycles. The molecule has 7 nitrogen and oxygen atoms in total. The zero-order chi connectivity index (χ0) is 15.1. The molecule has 0 aliphatic heterocycles. The van der Waals surface area contributed by atoms with Crippen molar-refractivity contribution in [2.75, 3.05) is 11.9 Å². The molecule has 0 radical (unpaired) electrons. The van der Waals surface area contributed by atoms with Crippen molar-refractivity contribution in [3.05, 3.63) is 34.4 Å². The molecule has 1 aromatic carbocycles. The lowest BCUT2D eigenvalue weighted by Gasteiger charge is -2.08. The number of hydrogen-bond donors (Lipinski definition) is 2. The first-order chi connectivity index (χ1) is 9.41. The number of hydrogen-bond acceptors (Lipinski definition) is 4. The van der Waals surface area contributed by atoms with E-state index in [4.69, 9.17) is 0 Å². The third kappa shape index (κ3) is 4.68. The number of nitro groups is 1. The zero-order valence-electron chi connectivity index (χ0n) is 11.4. The summed E-state index contributed by atoms with van der Waals surface area (Å²) in [6, 6.07) is 5.65. The van der Waals surface area contributed by atoms with Crippen LogP contribution in [0.1, 0.15) is 20.3 Å². The van der Waals surface area contributed by atoms with Gasteiger partial charge in [-0.15, -0.1) is 0 Å². The fraction of sp³-hybridized carbons (Fsp3) is 0.385. The van der Waals surface area contributed by atoms with E-state index in [1.807, 2.05) is 13.8 Å². The van der Waals surface area contributed by atoms with E-state index in [0.29, 0.717) is 12.5 Å². The molecule has 0 bridgehead atoms. The fourth-order valence-corrected chi connectivity index (χ4v) is 1.47. The zero-order valence-corrected chi connectivity index (χ0v) is 11.4. The lowest BCUT2D eigenvalue weighted by Crippen LogP contribution is -2.36. The van der Waals surface area contributed by atoms with Gasteiger partial charge in [-0.2, -0.15) is 0 Å². The summed E-state index contributed by atoms with van der Waals surface area (Å²) in [7, 11) is 0. The van der Waals surface area contributed by atoms with Crippen molar-refractivity contribution in [3.8, 4) is 0 Å². The first-order valence-corrected chi connectivity index (χ1v) is 6.24. The van der Waals surface area contributed by atoms with Gasteiger partial charge >= 0.3 is 11.8 Å². The predicted molar refractivity (Wildman–Crippen MR) is 74.2 cm³/mol. The maximum Gasteiger partial charge on any atom is 0.313 e. The molecule has 0 aliphatic carbocycles. The highest BCUT2D eigenvalue weighted by molar-refractivity contribution is 6.39. The van der Waals surface area contributed by atoms with E-state index in [2.05, 4.69) is 10.6 Å². The average Bonchev–Trinajstić information content (AvgIpc) is 2.38. The molecule has 108 valence electrons. The summed E-state index contributed by atoms with van der Waals surface area (Å²) in [6.45, 7) is 4.39. The van der Waals surface area contributed by atoms with Crippen LogP contribution in [0.25, 0.3) is 0 Å². The Bertz CT molecular complexity index is 514. The summed E-state index contributed by atoms with van der Waals surface area (Å²) in [6.07, 6.45) is 0.754. The molecule has 1 aromatic rings. The molecular formula is C13H17N3O4. The number of anilines is 1. The van der Waals surface area contributed by atoms with Gasteiger partial charge in [-0.3, -0.25) is 19.7 Å². The molecule has 1 rings (SSSR count). The fourth-order valence-electron chi connectivity index (χ4n) is 1.47. The lowest BCUT2D eigenvalue weighted by atomic mass is 10.1. The molecule has 0 unspecified atom stereocenters. The van der Waals surface area contributed by atoms with Gasteiger partial charge in [-0.05, 0) is 18.4 Å². The summed E-state index contributed by atoms with van der Waals surface area (Å²) in [5.41, 5.74) is -0.252. The van der Waals surface area contributed by atoms with Crippen LogP contribution in [0.5, 0.6) is 0 Å². The highest BCUT2D eigenvalue weighted by Crippen LogP contribution is 2.22. The van der Waals surface area contributed by atoms with E-state index in [-0.39, 0.29) is 11.4 Å². The number of carbonyl (C=O) groups is 2. The Labute approximate surface area is 116 Å². The number of carbonyl (C=O) groups excluding carboxylic acids is 2. The number of nitrogens with zero attached hydrogens (tertiary/aromatic N) is 1. The Kier molecular flexibility index (Phi) is 5.64. The Morgan fingerprint density at radius 1 is 1.25 bits per heavy atom. The standard InChI is InChI=1S/C13H17N3O4/c1-9(2)7-8-14-12(17)13(18)15-10-5-3-4-6-11(10)16(19)20/h3-6,9H,7-8H2,1-2H3,(H,14,17)(H,15,18). The van der Waals surface area contributed by atoms with Crippen molar-refractivity contribution in [3.63, 3.8) is 0 Å². The van der Waals surface area contributed by atoms with Crippen LogP contribution >= 0.6 is 0 Å². The van der Waals surface area contributed by atoms with Gasteiger partial charge in [0.2, 0.25) is 0 Å². The second-order valence-corrected chi connectivity index (χ2v) is 4.67. The third-order valence-corrected chi connectivity index (χ3v) is 2.56. The molecule has 0 aliphatic rings. The second kappa shape index (κ2) is 7.22. The van der Waals surface area contributed by atoms with Crippen molar-refractivity contribution in [1.29, 1.82) is 0 Å². The SMILES string of the molecule is CC(C)CCNC(=O)C(=O)Nc1ccccc1[N+](=O)[O-]. The molecule has 0 heterocycles. The molecular weight excluding hydrogens is 262 g/mol. The van der Waals surface area contributed by atoms with E-state index in [1.54, 1.807) is 6.07 Å². The Morgan fingerprint density at radius 3 is 2.50 bits per heavy atom. The number of amides is 2. The van der Waals surface area contributed by atoms with E-state index >= 15 is 0 Å². The van der Waals surface area contributed by atoms with Gasteiger partial charge in [0.05, 0.1) is 4.92 Å². The largest absolute Gasteiger partial charge is 0.348 e. The minimum atomic E-state index is -0.914. The summed E-state index contributed by atoms with van der Waals surface area (Å²) < 4.78 is 0. The van der Waals surface area contributed by atoms with Gasteiger partial charge in [0, 0.05) is 12.6 Å². The molecule has 2 N–H and O–H groups in total. The first-order valence-electron chi connectivity index (χ1n) is 6.24. The molecule has 0 fully saturated rings. The van der Waals surface area contributed by atoms with Crippen molar-refractivity contribution in [1.82, 2.24) is 5.32 Å². The molecule has 7 heteroatoms. The summed E-state index contributed by atoms with van der Waals surface area (Å²) in [5, 5.41) is 15.5. The average molecular weight is 279 g/mol. The van der Waals surface area contributed by atoms with E-state index in [9.17, 15) is 19.7 Å². The highest BCUT2D eigenvalue weighted by Gasteiger charge is 2.19. The van der Waals surface area contributed by atoms with Crippen LogP contribution in [-0.2, 0) is 9.59 Å². The van der Waals surface area contributed by atoms with Gasteiger partial charge < -0.3 is 10.6 Å². The van der Waals surface area contributed by atoms with Crippen LogP contribution in [-0.4, -0.2) is 23.3 Å². The van der Waals surface area contributed by atoms with Gasteiger partial charge in [-0.25, -0.2) is 0 Å². The van der Waals surface area contributed by atoms with Crippen molar-refractivity contribution >= 4 is 23.2 Å². The predicted octanol–water partition coefficient (Wildman–Crippen LogP) is 1.70. The summed E-state index contributed by atoms with van der Waals surface area (Å²) >= 11 is 0. The normalized spacial score (nSPS) is 10.2. The minimum Gasteiger partial charge on any atom is -0.348 e. The maximum absolute atomic E-state index is 11.6. The highest BCUT2D eigenvalue weighted by atomic mass is 16.6. The number of nitrogens with one attached hydrogen (secondary N) is 2. The number of rotatable bonds is 5. The van der Waals surface area contributed by atoms with Crippen LogP contribution in [0.4, 0.5) is 11.4 Å². The van der Waals surface area contributed by atoms with Gasteiger partial charge in [0.25, 0.3) is 5.69 Å². The van der Waals surface area contributed by atoms with Crippen molar-refractivity contribution in [2.24, 2.45) is 5.92 Å². The molecule has 0 spiro atoms. The van der Waals surface area contributed by atoms with E-state index in [1.165, 1.54) is 18.2 Å². The minimum absolute atomic E-state index is 0.00140. The number of para-hydroxylation sites is 2. The molecule has 0 atom stereocenters. The summed E-state index contributed by atoms with van der Waals surface area (Å²) in [4.78, 5) is 33.3. The van der Waals surface area contributed by atoms with Crippen LogP contribution < -0.4 is 10.6 Å². The topological polar surface area (TPSA) is 101 Å². The number of benzene rings is 1. The van der Waals surface area contributed by atoms with Gasteiger partial charge in [0.1, 0.15) is 5.69 Å². The van der Waals surface area contributed by atoms with E-state index in [0.717, 1.165) is 6.42 Å². The van der Waals surface area contributed by atoms with Crippen LogP contribution in [0.3, 0.4) is 0 Å². The second-order valence-electron chi connectivity index (χ2n) is 4.67. The first kappa shape index (κ1) is 15.6. The van der Waals surface area contributed by atoms with Crippen LogP contribution in [0.15, 0.2) is 24.3 Å². The Morgan fingerprint density at radius 2 is 1.90 bits per heavy atom. The van der Waals surface area contributed by atoms with Gasteiger partial charge in [-0.1, -0.05) is 26.0 Å². The van der Waals surface area contributed by atoms with Crippen LogP contribution in [0.2, 0.25) is 0 Å². The van der Waals surface area contributed by atoms with Crippen molar-refractivity contribution in [2.45, 2.75) is 20.3 Å². The smallest absolute Gasteiger partial charge is 0.313 e. The van der Waals surface area contributed by atoms with E-state index < -0.39 is 16.7 Å². The molecule has 0 saturated heterocycles. The summed E-state index contributed by atoms with van der Waals surface area (Å²) in [5.74, 6) is -1.31. The van der Waals surface area contributed by atoms with Crippen molar-refractivity contribution < 1.29 is 14.5 Å². The van der Waals surface area contributed by atoms with Gasteiger partial charge in [0.15, 0.2) is 0 Å². The monoisotopic (exact) mass is 279 g/mol.